The summed E-state index contributed by atoms with van der Waals surface area (Å²) >= 11 is 0. The first-order valence-corrected chi connectivity index (χ1v) is 12.2. The van der Waals surface area contributed by atoms with Gasteiger partial charge in [0.15, 0.2) is 0 Å². The second-order valence-corrected chi connectivity index (χ2v) is 9.83. The summed E-state index contributed by atoms with van der Waals surface area (Å²) < 4.78 is 11.4. The number of aliphatic hydroxyl groups excluding tert-OH is 3. The maximum Gasteiger partial charge on any atom is 0.126 e. The SMILES string of the molecule is COc1ccc2cc1-c1cc(ccc1OC)C1CC(O)C(O)C3CCCC(CC(O)CC2)N13. The smallest absolute Gasteiger partial charge is 0.126 e. The van der Waals surface area contributed by atoms with Crippen LogP contribution in [-0.2, 0) is 6.42 Å². The van der Waals surface area contributed by atoms with Gasteiger partial charge in [-0.25, -0.2) is 0 Å². The van der Waals surface area contributed by atoms with Crippen LogP contribution in [-0.4, -0.2) is 64.8 Å². The van der Waals surface area contributed by atoms with E-state index in [1.807, 2.05) is 12.1 Å². The van der Waals surface area contributed by atoms with Gasteiger partial charge in [-0.15, -0.1) is 0 Å². The van der Waals surface area contributed by atoms with Crippen molar-refractivity contribution >= 4 is 0 Å². The predicted molar refractivity (Wildman–Crippen MR) is 127 cm³/mol. The number of piperidine rings is 2. The van der Waals surface area contributed by atoms with Gasteiger partial charge in [-0.3, -0.25) is 4.90 Å². The third-order valence-corrected chi connectivity index (χ3v) is 7.93. The summed E-state index contributed by atoms with van der Waals surface area (Å²) in [5.74, 6) is 1.55. The third-order valence-electron chi connectivity index (χ3n) is 7.93. The highest BCUT2D eigenvalue weighted by Gasteiger charge is 2.47. The zero-order chi connectivity index (χ0) is 23.1. The van der Waals surface area contributed by atoms with Gasteiger partial charge in [-0.05, 0) is 73.9 Å². The molecule has 2 aromatic carbocycles. The zero-order valence-corrected chi connectivity index (χ0v) is 19.5. The minimum Gasteiger partial charge on any atom is -0.496 e. The lowest BCUT2D eigenvalue weighted by molar-refractivity contribution is -0.134. The van der Waals surface area contributed by atoms with Gasteiger partial charge < -0.3 is 24.8 Å². The second-order valence-electron chi connectivity index (χ2n) is 9.83. The highest BCUT2D eigenvalue weighted by atomic mass is 16.5. The van der Waals surface area contributed by atoms with E-state index in [1.54, 1.807) is 14.2 Å². The van der Waals surface area contributed by atoms with Gasteiger partial charge in [0, 0.05) is 29.3 Å². The van der Waals surface area contributed by atoms with E-state index in [2.05, 4.69) is 29.2 Å². The van der Waals surface area contributed by atoms with E-state index in [9.17, 15) is 15.3 Å². The summed E-state index contributed by atoms with van der Waals surface area (Å²) in [6.45, 7) is 0. The highest BCUT2D eigenvalue weighted by Crippen LogP contribution is 2.46. The first kappa shape index (κ1) is 22.7. The highest BCUT2D eigenvalue weighted by molar-refractivity contribution is 5.77. The van der Waals surface area contributed by atoms with Crippen molar-refractivity contribution in [2.75, 3.05) is 14.2 Å². The minimum absolute atomic E-state index is 0.0366. The van der Waals surface area contributed by atoms with Gasteiger partial charge in [-0.1, -0.05) is 18.6 Å². The van der Waals surface area contributed by atoms with Gasteiger partial charge >= 0.3 is 0 Å². The number of fused-ring (bicyclic) bond motifs is 6. The van der Waals surface area contributed by atoms with Crippen LogP contribution < -0.4 is 9.47 Å². The quantitative estimate of drug-likeness (QED) is 0.646. The largest absolute Gasteiger partial charge is 0.496 e. The Morgan fingerprint density at radius 2 is 1.58 bits per heavy atom. The van der Waals surface area contributed by atoms with E-state index >= 15 is 0 Å². The van der Waals surface area contributed by atoms with Crippen LogP contribution in [0.15, 0.2) is 36.4 Å². The van der Waals surface area contributed by atoms with Gasteiger partial charge in [-0.2, -0.15) is 0 Å². The molecule has 0 spiro atoms. The third kappa shape index (κ3) is 4.14. The molecule has 6 unspecified atom stereocenters. The number of aryl methyl sites for hydroxylation is 1. The van der Waals surface area contributed by atoms with Crippen molar-refractivity contribution in [2.45, 2.75) is 81.4 Å². The number of benzene rings is 2. The van der Waals surface area contributed by atoms with Gasteiger partial charge in [0.05, 0.1) is 32.5 Å². The molecule has 0 aromatic heterocycles. The van der Waals surface area contributed by atoms with Crippen LogP contribution >= 0.6 is 0 Å². The molecule has 3 aliphatic heterocycles. The Bertz CT molecular complexity index is 994. The number of nitrogens with zero attached hydrogens (tertiary/aromatic N) is 1. The lowest BCUT2D eigenvalue weighted by Gasteiger charge is -2.53. The van der Waals surface area contributed by atoms with Crippen molar-refractivity contribution in [3.63, 3.8) is 0 Å². The van der Waals surface area contributed by atoms with Crippen LogP contribution in [0.3, 0.4) is 0 Å². The summed E-state index contributed by atoms with van der Waals surface area (Å²) in [4.78, 5) is 2.40. The van der Waals surface area contributed by atoms with E-state index in [4.69, 9.17) is 9.47 Å². The average Bonchev–Trinajstić information content (AvgIpc) is 2.84. The summed E-state index contributed by atoms with van der Waals surface area (Å²) in [7, 11) is 3.35. The molecule has 0 aliphatic carbocycles. The van der Waals surface area contributed by atoms with Crippen LogP contribution in [0.4, 0.5) is 0 Å². The Labute approximate surface area is 195 Å². The fourth-order valence-corrected chi connectivity index (χ4v) is 6.29. The van der Waals surface area contributed by atoms with E-state index in [0.717, 1.165) is 59.4 Å². The molecule has 178 valence electrons. The first-order valence-electron chi connectivity index (χ1n) is 12.2. The normalized spacial score (nSPS) is 32.0. The molecule has 3 N–H and O–H groups in total. The zero-order valence-electron chi connectivity index (χ0n) is 19.5. The molecule has 2 fully saturated rings. The number of rotatable bonds is 2. The molecule has 4 bridgehead atoms. The lowest BCUT2D eigenvalue weighted by Crippen LogP contribution is -2.61. The molecule has 0 saturated carbocycles. The number of hydrogen-bond acceptors (Lipinski definition) is 6. The molecule has 6 heteroatoms. The molecule has 5 rings (SSSR count). The van der Waals surface area contributed by atoms with Gasteiger partial charge in [0.25, 0.3) is 0 Å². The van der Waals surface area contributed by atoms with E-state index in [0.29, 0.717) is 19.3 Å². The first-order chi connectivity index (χ1) is 16.0. The fraction of sp³-hybridized carbons (Fsp3) is 0.556. The van der Waals surface area contributed by atoms with Crippen molar-refractivity contribution < 1.29 is 24.8 Å². The van der Waals surface area contributed by atoms with Crippen LogP contribution in [0.1, 0.15) is 55.7 Å². The molecule has 2 saturated heterocycles. The predicted octanol–water partition coefficient (Wildman–Crippen LogP) is 3.46. The molecular weight excluding hydrogens is 418 g/mol. The van der Waals surface area contributed by atoms with Crippen LogP contribution in [0, 0.1) is 0 Å². The van der Waals surface area contributed by atoms with E-state index in [1.165, 1.54) is 0 Å². The molecule has 3 aliphatic rings. The van der Waals surface area contributed by atoms with Gasteiger partial charge in [0.1, 0.15) is 11.5 Å². The maximum absolute atomic E-state index is 11.0. The number of aliphatic hydroxyl groups is 3. The Morgan fingerprint density at radius 1 is 0.848 bits per heavy atom. The topological polar surface area (TPSA) is 82.4 Å². The van der Waals surface area contributed by atoms with Crippen molar-refractivity contribution in [3.05, 3.63) is 47.5 Å². The molecule has 6 atom stereocenters. The van der Waals surface area contributed by atoms with Crippen molar-refractivity contribution in [2.24, 2.45) is 0 Å². The number of hydrogen-bond donors (Lipinski definition) is 3. The summed E-state index contributed by atoms with van der Waals surface area (Å²) in [5, 5.41) is 32.6. The average molecular weight is 454 g/mol. The fourth-order valence-electron chi connectivity index (χ4n) is 6.29. The standard InChI is InChI=1S/C27H35NO5/c1-32-25-10-7-16-6-9-19(29)14-18-4-3-5-22-27(31)24(30)15-23(28(18)22)17-8-11-26(33-2)21(13-17)20(25)12-16/h7-8,10-13,18-19,22-24,27,29-31H,3-6,9,14-15H2,1-2H3. The van der Waals surface area contributed by atoms with Crippen molar-refractivity contribution in [1.29, 1.82) is 0 Å². The summed E-state index contributed by atoms with van der Waals surface area (Å²) in [6.07, 6.45) is 3.53. The van der Waals surface area contributed by atoms with Crippen LogP contribution in [0.5, 0.6) is 11.5 Å². The number of methoxy groups -OCH3 is 2. The van der Waals surface area contributed by atoms with E-state index in [-0.39, 0.29) is 18.1 Å². The molecular formula is C27H35NO5. The van der Waals surface area contributed by atoms with Crippen LogP contribution in [0.2, 0.25) is 0 Å². The minimum atomic E-state index is -0.765. The lowest BCUT2D eigenvalue weighted by atomic mass is 9.78. The maximum atomic E-state index is 11.0. The molecule has 0 radical (unpaired) electrons. The molecule has 6 nitrogen and oxygen atoms in total. The Morgan fingerprint density at radius 3 is 2.33 bits per heavy atom. The Kier molecular flexibility index (Phi) is 6.36. The molecule has 3 heterocycles. The van der Waals surface area contributed by atoms with Gasteiger partial charge in [0.2, 0.25) is 0 Å². The second kappa shape index (κ2) is 9.26. The Balaban J connectivity index is 1.69. The molecule has 2 aromatic rings. The molecule has 0 amide bonds. The summed E-state index contributed by atoms with van der Waals surface area (Å²) in [6, 6.07) is 12.5. The van der Waals surface area contributed by atoms with Crippen LogP contribution in [0.25, 0.3) is 11.1 Å². The molecule has 33 heavy (non-hydrogen) atoms. The van der Waals surface area contributed by atoms with E-state index < -0.39 is 18.3 Å². The number of ether oxygens (including phenoxy) is 2. The van der Waals surface area contributed by atoms with Crippen molar-refractivity contribution in [3.8, 4) is 22.6 Å². The van der Waals surface area contributed by atoms with Crippen molar-refractivity contribution in [1.82, 2.24) is 4.90 Å². The monoisotopic (exact) mass is 453 g/mol. The Hall–Kier alpha value is -2.12. The summed E-state index contributed by atoms with van der Waals surface area (Å²) in [5.41, 5.74) is 4.17.